The summed E-state index contributed by atoms with van der Waals surface area (Å²) < 4.78 is 10.9. The number of hydrogen-bond donors (Lipinski definition) is 2. The highest BCUT2D eigenvalue weighted by atomic mass is 32.1. The highest BCUT2D eigenvalue weighted by molar-refractivity contribution is 7.13. The number of rotatable bonds is 10. The molecule has 0 unspecified atom stereocenters. The maximum atomic E-state index is 13.8. The second-order valence-corrected chi connectivity index (χ2v) is 12.7. The van der Waals surface area contributed by atoms with E-state index in [2.05, 4.69) is 20.5 Å². The van der Waals surface area contributed by atoms with Gasteiger partial charge in [0.1, 0.15) is 18.2 Å². The third-order valence-corrected chi connectivity index (χ3v) is 8.70. The van der Waals surface area contributed by atoms with Gasteiger partial charge in [-0.15, -0.1) is 11.3 Å². The molecule has 2 fully saturated rings. The summed E-state index contributed by atoms with van der Waals surface area (Å²) in [6, 6.07) is 6.72. The molecule has 2 aliphatic rings. The Balaban J connectivity index is 1.36. The molecule has 1 aromatic heterocycles. The molecular weight excluding hydrogens is 542 g/mol. The average molecular weight is 586 g/mol. The second kappa shape index (κ2) is 13.9. The molecule has 0 bridgehead atoms. The number of ether oxygens (including phenoxy) is 2. The van der Waals surface area contributed by atoms with Crippen LogP contribution in [0.5, 0.6) is 0 Å². The molecule has 1 aromatic carbocycles. The summed E-state index contributed by atoms with van der Waals surface area (Å²) in [5, 5.41) is 5.99. The maximum absolute atomic E-state index is 13.8. The first-order valence-electron chi connectivity index (χ1n) is 14.3. The van der Waals surface area contributed by atoms with Crippen molar-refractivity contribution in [1.82, 2.24) is 25.4 Å². The van der Waals surface area contributed by atoms with Crippen molar-refractivity contribution in [2.45, 2.75) is 65.3 Å². The Kier molecular flexibility index (Phi) is 10.5. The van der Waals surface area contributed by atoms with Crippen LogP contribution in [0.25, 0.3) is 10.4 Å². The van der Waals surface area contributed by atoms with Crippen molar-refractivity contribution >= 4 is 29.1 Å². The minimum absolute atomic E-state index is 0.179. The van der Waals surface area contributed by atoms with E-state index in [9.17, 15) is 14.4 Å². The van der Waals surface area contributed by atoms with Crippen LogP contribution in [-0.4, -0.2) is 97.2 Å². The number of methoxy groups -OCH3 is 1. The first-order chi connectivity index (χ1) is 19.6. The van der Waals surface area contributed by atoms with Crippen LogP contribution in [0.15, 0.2) is 29.8 Å². The molecule has 224 valence electrons. The zero-order valence-electron chi connectivity index (χ0n) is 24.8. The van der Waals surface area contributed by atoms with E-state index in [0.717, 1.165) is 34.7 Å². The molecule has 2 aliphatic heterocycles. The molecule has 0 saturated carbocycles. The number of likely N-dealkylation sites (tertiary alicyclic amines) is 1. The van der Waals surface area contributed by atoms with Crippen LogP contribution in [0.4, 0.5) is 0 Å². The standard InChI is InChI=1S/C30H43N5O5S/c1-20-25(41-19-32-20)22-10-8-21(9-11-22)17-31-27(36)23-7-6-12-35(23)29(38)26(30(2,3)4)33-28(37)24-18-34(13-15-39-5)14-16-40-24/h8-11,19,23-24,26H,6-7,12-18H2,1-5H3,(H,31,36)(H,33,37)/t23-,24-,26+/m0/s1. The summed E-state index contributed by atoms with van der Waals surface area (Å²) in [5.74, 6) is -0.723. The van der Waals surface area contributed by atoms with Crippen LogP contribution < -0.4 is 10.6 Å². The van der Waals surface area contributed by atoms with E-state index in [1.807, 2.05) is 57.5 Å². The Morgan fingerprint density at radius 2 is 1.93 bits per heavy atom. The van der Waals surface area contributed by atoms with Crippen LogP contribution in [0.2, 0.25) is 0 Å². The molecule has 0 aliphatic carbocycles. The summed E-state index contributed by atoms with van der Waals surface area (Å²) in [6.07, 6.45) is 0.659. The van der Waals surface area contributed by atoms with Crippen molar-refractivity contribution in [3.8, 4) is 10.4 Å². The number of carbonyl (C=O) groups excluding carboxylic acids is 3. The highest BCUT2D eigenvalue weighted by Crippen LogP contribution is 2.28. The lowest BCUT2D eigenvalue weighted by atomic mass is 9.85. The number of nitrogens with one attached hydrogen (secondary N) is 2. The van der Waals surface area contributed by atoms with Gasteiger partial charge in [0.15, 0.2) is 0 Å². The van der Waals surface area contributed by atoms with Crippen molar-refractivity contribution in [2.24, 2.45) is 5.41 Å². The smallest absolute Gasteiger partial charge is 0.251 e. The van der Waals surface area contributed by atoms with Gasteiger partial charge in [0.25, 0.3) is 5.91 Å². The van der Waals surface area contributed by atoms with Crippen LogP contribution >= 0.6 is 11.3 Å². The fourth-order valence-corrected chi connectivity index (χ4v) is 6.11. The van der Waals surface area contributed by atoms with Gasteiger partial charge < -0.3 is 25.0 Å². The van der Waals surface area contributed by atoms with Crippen LogP contribution in [-0.2, 0) is 30.4 Å². The number of hydrogen-bond acceptors (Lipinski definition) is 8. The van der Waals surface area contributed by atoms with Gasteiger partial charge >= 0.3 is 0 Å². The number of nitrogens with zero attached hydrogens (tertiary/aromatic N) is 3. The molecule has 2 aromatic rings. The molecule has 3 amide bonds. The monoisotopic (exact) mass is 585 g/mol. The second-order valence-electron chi connectivity index (χ2n) is 11.8. The van der Waals surface area contributed by atoms with Gasteiger partial charge in [0.05, 0.1) is 29.3 Å². The number of aryl methyl sites for hydroxylation is 1. The predicted molar refractivity (Wildman–Crippen MR) is 158 cm³/mol. The van der Waals surface area contributed by atoms with Gasteiger partial charge in [-0.25, -0.2) is 4.98 Å². The van der Waals surface area contributed by atoms with Gasteiger partial charge in [-0.3, -0.25) is 19.3 Å². The molecule has 3 atom stereocenters. The summed E-state index contributed by atoms with van der Waals surface area (Å²) in [7, 11) is 1.65. The van der Waals surface area contributed by atoms with E-state index < -0.39 is 23.6 Å². The first kappa shape index (κ1) is 31.1. The van der Waals surface area contributed by atoms with Crippen molar-refractivity contribution in [3.63, 3.8) is 0 Å². The van der Waals surface area contributed by atoms with E-state index in [4.69, 9.17) is 9.47 Å². The molecule has 2 N–H and O–H groups in total. The Bertz CT molecular complexity index is 1190. The number of aromatic nitrogens is 1. The summed E-state index contributed by atoms with van der Waals surface area (Å²) in [6.45, 7) is 11.5. The van der Waals surface area contributed by atoms with Gasteiger partial charge in [-0.1, -0.05) is 45.0 Å². The number of benzene rings is 1. The third-order valence-electron chi connectivity index (χ3n) is 7.72. The Morgan fingerprint density at radius 1 is 1.17 bits per heavy atom. The molecule has 2 saturated heterocycles. The van der Waals surface area contributed by atoms with E-state index in [-0.39, 0.29) is 17.7 Å². The van der Waals surface area contributed by atoms with Crippen molar-refractivity contribution in [3.05, 3.63) is 41.0 Å². The lowest BCUT2D eigenvalue weighted by Crippen LogP contribution is -2.60. The van der Waals surface area contributed by atoms with Gasteiger partial charge in [-0.2, -0.15) is 0 Å². The lowest BCUT2D eigenvalue weighted by molar-refractivity contribution is -0.148. The predicted octanol–water partition coefficient (Wildman–Crippen LogP) is 2.60. The van der Waals surface area contributed by atoms with Crippen LogP contribution in [0, 0.1) is 12.3 Å². The largest absolute Gasteiger partial charge is 0.383 e. The molecule has 0 spiro atoms. The zero-order chi connectivity index (χ0) is 29.6. The highest BCUT2D eigenvalue weighted by Gasteiger charge is 2.42. The molecule has 41 heavy (non-hydrogen) atoms. The van der Waals surface area contributed by atoms with Crippen LogP contribution in [0.3, 0.4) is 0 Å². The fraction of sp³-hybridized carbons (Fsp3) is 0.600. The normalized spacial score (nSPS) is 20.6. The number of morpholine rings is 1. The van der Waals surface area contributed by atoms with E-state index in [1.54, 1.807) is 23.3 Å². The first-order valence-corrected chi connectivity index (χ1v) is 15.2. The molecular formula is C30H43N5O5S. The minimum atomic E-state index is -0.788. The number of carbonyl (C=O) groups is 3. The number of thiazole rings is 1. The van der Waals surface area contributed by atoms with Crippen LogP contribution in [0.1, 0.15) is 44.9 Å². The molecule has 4 rings (SSSR count). The van der Waals surface area contributed by atoms with E-state index >= 15 is 0 Å². The minimum Gasteiger partial charge on any atom is -0.383 e. The quantitative estimate of drug-likeness (QED) is 0.441. The lowest BCUT2D eigenvalue weighted by Gasteiger charge is -2.37. The Hall–Kier alpha value is -2.86. The topological polar surface area (TPSA) is 113 Å². The third kappa shape index (κ3) is 7.91. The molecule has 10 nitrogen and oxygen atoms in total. The zero-order valence-corrected chi connectivity index (χ0v) is 25.6. The van der Waals surface area contributed by atoms with Gasteiger partial charge in [-0.05, 0) is 36.3 Å². The summed E-state index contributed by atoms with van der Waals surface area (Å²) in [5.41, 5.74) is 4.36. The summed E-state index contributed by atoms with van der Waals surface area (Å²) in [4.78, 5) is 49.6. The molecule has 11 heteroatoms. The maximum Gasteiger partial charge on any atom is 0.251 e. The molecule has 0 radical (unpaired) electrons. The van der Waals surface area contributed by atoms with E-state index in [1.165, 1.54) is 0 Å². The number of amides is 3. The summed E-state index contributed by atoms with van der Waals surface area (Å²) >= 11 is 1.61. The van der Waals surface area contributed by atoms with Crippen molar-refractivity contribution < 1.29 is 23.9 Å². The Morgan fingerprint density at radius 3 is 2.59 bits per heavy atom. The van der Waals surface area contributed by atoms with Crippen molar-refractivity contribution in [1.29, 1.82) is 0 Å². The fourth-order valence-electron chi connectivity index (χ4n) is 5.30. The van der Waals surface area contributed by atoms with Crippen molar-refractivity contribution in [2.75, 3.05) is 46.5 Å². The Labute approximate surface area is 246 Å². The van der Waals surface area contributed by atoms with Gasteiger partial charge in [0.2, 0.25) is 11.8 Å². The van der Waals surface area contributed by atoms with Gasteiger partial charge in [0, 0.05) is 39.8 Å². The average Bonchev–Trinajstić information content (AvgIpc) is 3.62. The SMILES string of the molecule is COCCN1CCO[C@H](C(=O)N[C@H](C(=O)N2CCC[C@H]2C(=O)NCc2ccc(-c3scnc3C)cc2)C(C)(C)C)C1. The molecule has 3 heterocycles. The van der Waals surface area contributed by atoms with E-state index in [0.29, 0.717) is 45.8 Å².